The molecule has 1 saturated carbocycles. The Hall–Kier alpha value is -0.610. The minimum atomic E-state index is -0.587. The molecule has 2 aliphatic rings. The Labute approximate surface area is 123 Å². The summed E-state index contributed by atoms with van der Waals surface area (Å²) in [6, 6.07) is 0.790. The number of likely N-dealkylation sites (N-methyl/N-ethyl adjacent to an activating group) is 1. The molecule has 4 nitrogen and oxygen atoms in total. The summed E-state index contributed by atoms with van der Waals surface area (Å²) in [5.74, 6) is -0.00851. The third kappa shape index (κ3) is 3.53. The van der Waals surface area contributed by atoms with Crippen molar-refractivity contribution >= 4 is 5.97 Å². The molecule has 116 valence electrons. The van der Waals surface area contributed by atoms with Gasteiger partial charge < -0.3 is 10.0 Å². The van der Waals surface area contributed by atoms with Crippen LogP contribution in [-0.4, -0.2) is 59.6 Å². The average Bonchev–Trinajstić information content (AvgIpc) is 2.42. The Morgan fingerprint density at radius 3 is 2.65 bits per heavy atom. The van der Waals surface area contributed by atoms with Gasteiger partial charge in [0.2, 0.25) is 0 Å². The van der Waals surface area contributed by atoms with Crippen LogP contribution < -0.4 is 0 Å². The molecule has 1 N–H and O–H groups in total. The summed E-state index contributed by atoms with van der Waals surface area (Å²) in [6.07, 6.45) is 5.53. The van der Waals surface area contributed by atoms with Crippen LogP contribution in [0.2, 0.25) is 0 Å². The number of piperazine rings is 1. The van der Waals surface area contributed by atoms with Crippen molar-refractivity contribution in [1.29, 1.82) is 0 Å². The van der Waals surface area contributed by atoms with E-state index in [2.05, 4.69) is 30.7 Å². The number of carboxylic acids is 1. The molecule has 0 aromatic heterocycles. The molecule has 1 heterocycles. The fraction of sp³-hybridized carbons (Fsp3) is 0.938. The fourth-order valence-electron chi connectivity index (χ4n) is 3.97. The van der Waals surface area contributed by atoms with E-state index in [4.69, 9.17) is 0 Å². The highest BCUT2D eigenvalue weighted by Gasteiger charge is 2.39. The van der Waals surface area contributed by atoms with Gasteiger partial charge in [-0.25, -0.2) is 0 Å². The van der Waals surface area contributed by atoms with E-state index < -0.39 is 5.97 Å². The summed E-state index contributed by atoms with van der Waals surface area (Å²) in [7, 11) is 2.16. The van der Waals surface area contributed by atoms with Gasteiger partial charge in [-0.05, 0) is 39.2 Å². The zero-order valence-electron chi connectivity index (χ0n) is 13.2. The van der Waals surface area contributed by atoms with Gasteiger partial charge in [0.05, 0.1) is 5.92 Å². The third-order valence-electron chi connectivity index (χ3n) is 5.40. The minimum Gasteiger partial charge on any atom is -0.481 e. The van der Waals surface area contributed by atoms with E-state index in [1.54, 1.807) is 0 Å². The highest BCUT2D eigenvalue weighted by atomic mass is 16.4. The van der Waals surface area contributed by atoms with Crippen molar-refractivity contribution in [3.8, 4) is 0 Å². The van der Waals surface area contributed by atoms with E-state index in [-0.39, 0.29) is 12.0 Å². The van der Waals surface area contributed by atoms with E-state index in [0.717, 1.165) is 44.8 Å². The Balaban J connectivity index is 2.05. The second-order valence-corrected chi connectivity index (χ2v) is 6.80. The van der Waals surface area contributed by atoms with Gasteiger partial charge in [-0.3, -0.25) is 9.69 Å². The zero-order chi connectivity index (χ0) is 14.7. The average molecular weight is 282 g/mol. The Morgan fingerprint density at radius 1 is 1.30 bits per heavy atom. The summed E-state index contributed by atoms with van der Waals surface area (Å²) >= 11 is 0. The Kier molecular flexibility index (Phi) is 5.44. The molecule has 0 aromatic carbocycles. The molecule has 4 heteroatoms. The van der Waals surface area contributed by atoms with E-state index in [9.17, 15) is 9.90 Å². The van der Waals surface area contributed by atoms with Gasteiger partial charge in [0.1, 0.15) is 0 Å². The van der Waals surface area contributed by atoms with Crippen LogP contribution in [0.1, 0.15) is 46.0 Å². The number of rotatable bonds is 4. The molecule has 1 aliphatic heterocycles. The number of carbonyl (C=O) groups is 1. The Morgan fingerprint density at radius 2 is 2.05 bits per heavy atom. The molecule has 1 aliphatic carbocycles. The number of hydrogen-bond acceptors (Lipinski definition) is 3. The van der Waals surface area contributed by atoms with E-state index in [0.29, 0.717) is 6.04 Å². The summed E-state index contributed by atoms with van der Waals surface area (Å²) < 4.78 is 0. The van der Waals surface area contributed by atoms with Crippen LogP contribution in [0, 0.1) is 11.8 Å². The standard InChI is InChI=1S/C16H30N2O2/c1-4-5-13-6-7-14(16(19)20)15(10-13)18-9-8-17(3)12(2)11-18/h12-15H,4-11H2,1-3H3,(H,19,20). The van der Waals surface area contributed by atoms with Crippen molar-refractivity contribution < 1.29 is 9.90 Å². The number of hydrogen-bond donors (Lipinski definition) is 1. The normalized spacial score (nSPS) is 37.0. The molecule has 0 amide bonds. The monoisotopic (exact) mass is 282 g/mol. The lowest BCUT2D eigenvalue weighted by Gasteiger charge is -2.46. The van der Waals surface area contributed by atoms with Crippen LogP contribution in [0.5, 0.6) is 0 Å². The van der Waals surface area contributed by atoms with E-state index in [1.807, 2.05) is 0 Å². The SMILES string of the molecule is CCCC1CCC(C(=O)O)C(N2CCN(C)C(C)C2)C1. The van der Waals surface area contributed by atoms with Gasteiger partial charge in [0.15, 0.2) is 0 Å². The first-order valence-corrected chi connectivity index (χ1v) is 8.20. The van der Waals surface area contributed by atoms with Crippen molar-refractivity contribution in [2.75, 3.05) is 26.7 Å². The van der Waals surface area contributed by atoms with Gasteiger partial charge >= 0.3 is 5.97 Å². The molecule has 20 heavy (non-hydrogen) atoms. The molecule has 1 saturated heterocycles. The molecule has 2 rings (SSSR count). The molecule has 4 atom stereocenters. The van der Waals surface area contributed by atoms with Crippen molar-refractivity contribution in [3.63, 3.8) is 0 Å². The van der Waals surface area contributed by atoms with Crippen LogP contribution in [0.25, 0.3) is 0 Å². The third-order valence-corrected chi connectivity index (χ3v) is 5.40. The smallest absolute Gasteiger partial charge is 0.308 e. The predicted octanol–water partition coefficient (Wildman–Crippen LogP) is 2.29. The van der Waals surface area contributed by atoms with Crippen LogP contribution in [-0.2, 0) is 4.79 Å². The first-order valence-electron chi connectivity index (χ1n) is 8.20. The van der Waals surface area contributed by atoms with Crippen LogP contribution in [0.4, 0.5) is 0 Å². The molecular weight excluding hydrogens is 252 g/mol. The van der Waals surface area contributed by atoms with Crippen molar-refractivity contribution in [3.05, 3.63) is 0 Å². The van der Waals surface area contributed by atoms with Crippen LogP contribution in [0.15, 0.2) is 0 Å². The highest BCUT2D eigenvalue weighted by molar-refractivity contribution is 5.71. The summed E-state index contributed by atoms with van der Waals surface area (Å²) in [6.45, 7) is 7.57. The maximum atomic E-state index is 11.6. The number of aliphatic carboxylic acids is 1. The van der Waals surface area contributed by atoms with E-state index in [1.165, 1.54) is 12.8 Å². The first kappa shape index (κ1) is 15.8. The van der Waals surface area contributed by atoms with Crippen molar-refractivity contribution in [2.24, 2.45) is 11.8 Å². The first-order chi connectivity index (χ1) is 9.52. The fourth-order valence-corrected chi connectivity index (χ4v) is 3.97. The highest BCUT2D eigenvalue weighted by Crippen LogP contribution is 2.35. The predicted molar refractivity (Wildman–Crippen MR) is 80.8 cm³/mol. The van der Waals surface area contributed by atoms with Crippen LogP contribution in [0.3, 0.4) is 0 Å². The van der Waals surface area contributed by atoms with Gasteiger partial charge in [0.25, 0.3) is 0 Å². The quantitative estimate of drug-likeness (QED) is 0.859. The topological polar surface area (TPSA) is 43.8 Å². The largest absolute Gasteiger partial charge is 0.481 e. The lowest BCUT2D eigenvalue weighted by Crippen LogP contribution is -2.57. The lowest BCUT2D eigenvalue weighted by atomic mass is 9.75. The summed E-state index contributed by atoms with van der Waals surface area (Å²) in [5.41, 5.74) is 0. The minimum absolute atomic E-state index is 0.154. The summed E-state index contributed by atoms with van der Waals surface area (Å²) in [4.78, 5) is 16.4. The molecule has 0 spiro atoms. The molecule has 0 bridgehead atoms. The molecular formula is C16H30N2O2. The van der Waals surface area contributed by atoms with Crippen molar-refractivity contribution in [2.45, 2.75) is 58.0 Å². The molecule has 0 aromatic rings. The van der Waals surface area contributed by atoms with Gasteiger partial charge in [-0.15, -0.1) is 0 Å². The van der Waals surface area contributed by atoms with Gasteiger partial charge in [-0.2, -0.15) is 0 Å². The maximum absolute atomic E-state index is 11.6. The van der Waals surface area contributed by atoms with Crippen molar-refractivity contribution in [1.82, 2.24) is 9.80 Å². The van der Waals surface area contributed by atoms with Crippen LogP contribution >= 0.6 is 0 Å². The zero-order valence-corrected chi connectivity index (χ0v) is 13.2. The lowest BCUT2D eigenvalue weighted by molar-refractivity contribution is -0.147. The van der Waals surface area contributed by atoms with E-state index >= 15 is 0 Å². The maximum Gasteiger partial charge on any atom is 0.308 e. The Bertz CT molecular complexity index is 334. The van der Waals surface area contributed by atoms with Gasteiger partial charge in [-0.1, -0.05) is 19.8 Å². The number of carboxylic acid groups (broad SMARTS) is 1. The second-order valence-electron chi connectivity index (χ2n) is 6.80. The van der Waals surface area contributed by atoms with Gasteiger partial charge in [0, 0.05) is 31.7 Å². The summed E-state index contributed by atoms with van der Waals surface area (Å²) in [5, 5.41) is 9.54. The molecule has 4 unspecified atom stereocenters. The second kappa shape index (κ2) is 6.90. The number of nitrogens with zero attached hydrogens (tertiary/aromatic N) is 2. The molecule has 0 radical (unpaired) electrons. The molecule has 2 fully saturated rings.